The Morgan fingerprint density at radius 2 is 1.48 bits per heavy atom. The van der Waals surface area contributed by atoms with Crippen molar-refractivity contribution in [1.82, 2.24) is 0 Å². The van der Waals surface area contributed by atoms with Crippen molar-refractivity contribution < 1.29 is 8.42 Å². The van der Waals surface area contributed by atoms with Gasteiger partial charge in [-0.15, -0.1) is 0 Å². The van der Waals surface area contributed by atoms with Crippen LogP contribution >= 0.6 is 23.2 Å². The maximum Gasteiger partial charge on any atom is 0.184 e. The highest BCUT2D eigenvalue weighted by atomic mass is 35.5. The van der Waals surface area contributed by atoms with Crippen LogP contribution in [0.4, 0.5) is 0 Å². The summed E-state index contributed by atoms with van der Waals surface area (Å²) in [5, 5.41) is 9.36. The summed E-state index contributed by atoms with van der Waals surface area (Å²) in [6, 6.07) is 14.5. The zero-order valence-corrected chi connectivity index (χ0v) is 14.1. The van der Waals surface area contributed by atoms with Crippen LogP contribution in [0.2, 0.25) is 10.0 Å². The third-order valence-corrected chi connectivity index (χ3v) is 6.84. The summed E-state index contributed by atoms with van der Waals surface area (Å²) in [6.07, 6.45) is 0. The summed E-state index contributed by atoms with van der Waals surface area (Å²) in [5.74, 6) is -0.592. The molecule has 1 aliphatic rings. The molecule has 1 saturated carbocycles. The second-order valence-corrected chi connectivity index (χ2v) is 8.44. The summed E-state index contributed by atoms with van der Waals surface area (Å²) in [7, 11) is -3.75. The highest BCUT2D eigenvalue weighted by molar-refractivity contribution is 7.92. The first-order valence-electron chi connectivity index (χ1n) is 6.76. The molecule has 0 aromatic heterocycles. The Morgan fingerprint density at radius 1 is 1.00 bits per heavy atom. The van der Waals surface area contributed by atoms with Gasteiger partial charge in [-0.05, 0) is 42.0 Å². The molecule has 0 heterocycles. The zero-order valence-electron chi connectivity index (χ0n) is 11.8. The molecule has 23 heavy (non-hydrogen) atoms. The minimum absolute atomic E-state index is 0.105. The van der Waals surface area contributed by atoms with Crippen LogP contribution in [0, 0.1) is 11.3 Å². The molecule has 2 N–H and O–H groups in total. The average molecular weight is 367 g/mol. The van der Waals surface area contributed by atoms with Crippen molar-refractivity contribution in [3.8, 4) is 6.07 Å². The predicted molar refractivity (Wildman–Crippen MR) is 89.2 cm³/mol. The molecule has 1 aliphatic carbocycles. The Balaban J connectivity index is 2.03. The Hall–Kier alpha value is -1.58. The van der Waals surface area contributed by atoms with Gasteiger partial charge in [0, 0.05) is 16.0 Å². The molecule has 0 saturated heterocycles. The predicted octanol–water partition coefficient (Wildman–Crippen LogP) is 3.15. The molecule has 0 spiro atoms. The standard InChI is InChI=1S/C16H12Cl2N2O2S/c17-11-3-1-10(2-4-11)14-15(16(14,20)9-19)23(21,22)13-7-5-12(18)6-8-13/h1-8,14-15H,20H2/t14-,15-,16-/m0/s1. The van der Waals surface area contributed by atoms with Gasteiger partial charge in [0.2, 0.25) is 0 Å². The van der Waals surface area contributed by atoms with Crippen LogP contribution in [0.15, 0.2) is 53.4 Å². The van der Waals surface area contributed by atoms with E-state index in [4.69, 9.17) is 28.9 Å². The smallest absolute Gasteiger partial charge is 0.184 e. The number of hydrogen-bond acceptors (Lipinski definition) is 4. The fraction of sp³-hybridized carbons (Fsp3) is 0.188. The first-order valence-corrected chi connectivity index (χ1v) is 9.06. The monoisotopic (exact) mass is 366 g/mol. The lowest BCUT2D eigenvalue weighted by atomic mass is 10.1. The molecule has 0 radical (unpaired) electrons. The van der Waals surface area contributed by atoms with E-state index in [2.05, 4.69) is 0 Å². The number of benzene rings is 2. The molecule has 0 amide bonds. The van der Waals surface area contributed by atoms with Crippen molar-refractivity contribution >= 4 is 33.0 Å². The average Bonchev–Trinajstić information content (AvgIpc) is 3.16. The topological polar surface area (TPSA) is 83.9 Å². The Morgan fingerprint density at radius 3 is 1.96 bits per heavy atom. The number of sulfone groups is 1. The van der Waals surface area contributed by atoms with Gasteiger partial charge in [0.15, 0.2) is 9.84 Å². The molecule has 118 valence electrons. The van der Waals surface area contributed by atoms with Crippen LogP contribution in [0.25, 0.3) is 0 Å². The molecule has 3 atom stereocenters. The first kappa shape index (κ1) is 16.3. The fourth-order valence-corrected chi connectivity index (χ4v) is 5.27. The van der Waals surface area contributed by atoms with Crippen molar-refractivity contribution in [3.05, 3.63) is 64.1 Å². The van der Waals surface area contributed by atoms with E-state index in [0.717, 1.165) is 0 Å². The van der Waals surface area contributed by atoms with Gasteiger partial charge >= 0.3 is 0 Å². The summed E-state index contributed by atoms with van der Waals surface area (Å²) in [5.41, 5.74) is 5.29. The van der Waals surface area contributed by atoms with E-state index in [0.29, 0.717) is 15.6 Å². The molecule has 3 rings (SSSR count). The van der Waals surface area contributed by atoms with Gasteiger partial charge < -0.3 is 5.73 Å². The fourth-order valence-electron chi connectivity index (χ4n) is 2.83. The van der Waals surface area contributed by atoms with Gasteiger partial charge in [0.25, 0.3) is 0 Å². The molecule has 2 aromatic rings. The molecule has 0 aliphatic heterocycles. The lowest BCUT2D eigenvalue weighted by Gasteiger charge is -2.04. The summed E-state index contributed by atoms with van der Waals surface area (Å²) in [4.78, 5) is 0.105. The van der Waals surface area contributed by atoms with Gasteiger partial charge in [-0.3, -0.25) is 0 Å². The van der Waals surface area contributed by atoms with Crippen molar-refractivity contribution in [2.45, 2.75) is 21.6 Å². The zero-order chi connectivity index (χ0) is 16.8. The maximum atomic E-state index is 12.8. The Labute approximate surface area is 144 Å². The summed E-state index contributed by atoms with van der Waals surface area (Å²) in [6.45, 7) is 0. The van der Waals surface area contributed by atoms with E-state index < -0.39 is 26.5 Å². The highest BCUT2D eigenvalue weighted by Gasteiger charge is 2.70. The summed E-state index contributed by atoms with van der Waals surface area (Å²) >= 11 is 11.6. The van der Waals surface area contributed by atoms with Gasteiger partial charge in [0.1, 0.15) is 10.8 Å². The minimum Gasteiger partial charge on any atom is -0.312 e. The van der Waals surface area contributed by atoms with Gasteiger partial charge in [0.05, 0.1) is 11.0 Å². The highest BCUT2D eigenvalue weighted by Crippen LogP contribution is 2.55. The SMILES string of the molecule is N#C[C@]1(N)[C@@H](c2ccc(Cl)cc2)[C@@H]1S(=O)(=O)c1ccc(Cl)cc1. The van der Waals surface area contributed by atoms with Crippen LogP contribution < -0.4 is 5.73 Å². The maximum absolute atomic E-state index is 12.8. The Kier molecular flexibility index (Phi) is 3.89. The van der Waals surface area contributed by atoms with E-state index in [-0.39, 0.29) is 4.90 Å². The van der Waals surface area contributed by atoms with Gasteiger partial charge in [-0.2, -0.15) is 5.26 Å². The Bertz CT molecular complexity index is 889. The molecular weight excluding hydrogens is 355 g/mol. The number of hydrogen-bond donors (Lipinski definition) is 1. The second kappa shape index (κ2) is 5.50. The van der Waals surface area contributed by atoms with Crippen LogP contribution in [0.3, 0.4) is 0 Å². The summed E-state index contributed by atoms with van der Waals surface area (Å²) < 4.78 is 25.7. The molecular formula is C16H12Cl2N2O2S. The lowest BCUT2D eigenvalue weighted by molar-refractivity contribution is 0.592. The molecule has 4 nitrogen and oxygen atoms in total. The van der Waals surface area contributed by atoms with Crippen molar-refractivity contribution in [2.75, 3.05) is 0 Å². The molecule has 0 bridgehead atoms. The molecule has 1 fully saturated rings. The number of halogens is 2. The van der Waals surface area contributed by atoms with Crippen molar-refractivity contribution in [3.63, 3.8) is 0 Å². The third kappa shape index (κ3) is 2.62. The normalized spacial score (nSPS) is 26.5. The quantitative estimate of drug-likeness (QED) is 0.903. The number of nitriles is 1. The number of rotatable bonds is 3. The van der Waals surface area contributed by atoms with E-state index in [1.54, 1.807) is 24.3 Å². The molecule has 2 aromatic carbocycles. The largest absolute Gasteiger partial charge is 0.312 e. The van der Waals surface area contributed by atoms with Crippen LogP contribution in [-0.4, -0.2) is 19.2 Å². The van der Waals surface area contributed by atoms with E-state index in [1.165, 1.54) is 24.3 Å². The minimum atomic E-state index is -3.75. The molecule has 7 heteroatoms. The van der Waals surface area contributed by atoms with Crippen molar-refractivity contribution in [1.29, 1.82) is 5.26 Å². The number of nitrogens with two attached hydrogens (primary N) is 1. The second-order valence-electron chi connectivity index (χ2n) is 5.49. The first-order chi connectivity index (χ1) is 10.8. The van der Waals surface area contributed by atoms with Crippen molar-refractivity contribution in [2.24, 2.45) is 5.73 Å². The van der Waals surface area contributed by atoms with Crippen LogP contribution in [-0.2, 0) is 9.84 Å². The molecule has 0 unspecified atom stereocenters. The van der Waals surface area contributed by atoms with Gasteiger partial charge in [-0.25, -0.2) is 8.42 Å². The van der Waals surface area contributed by atoms with Crippen LogP contribution in [0.1, 0.15) is 11.5 Å². The lowest BCUT2D eigenvalue weighted by Crippen LogP contribution is -2.29. The van der Waals surface area contributed by atoms with E-state index in [1.807, 2.05) is 6.07 Å². The number of nitrogens with zero attached hydrogens (tertiary/aromatic N) is 1. The van der Waals surface area contributed by atoms with E-state index in [9.17, 15) is 13.7 Å². The van der Waals surface area contributed by atoms with Gasteiger partial charge in [-0.1, -0.05) is 35.3 Å². The van der Waals surface area contributed by atoms with Crippen LogP contribution in [0.5, 0.6) is 0 Å². The van der Waals surface area contributed by atoms with E-state index >= 15 is 0 Å². The third-order valence-electron chi connectivity index (χ3n) is 4.08.